The Labute approximate surface area is 169 Å². The van der Waals surface area contributed by atoms with Crippen LogP contribution in [0.5, 0.6) is 0 Å². The molecule has 5 heteroatoms. The van der Waals surface area contributed by atoms with E-state index in [1.54, 1.807) is 12.3 Å². The van der Waals surface area contributed by atoms with Crippen molar-refractivity contribution in [2.24, 2.45) is 0 Å². The minimum absolute atomic E-state index is 0.0113. The maximum atomic E-state index is 8.88. The summed E-state index contributed by atoms with van der Waals surface area (Å²) in [7, 11) is 0. The van der Waals surface area contributed by atoms with Crippen molar-refractivity contribution < 1.29 is 0 Å². The van der Waals surface area contributed by atoms with Crippen molar-refractivity contribution in [3.63, 3.8) is 0 Å². The van der Waals surface area contributed by atoms with Crippen molar-refractivity contribution in [2.75, 3.05) is 0 Å². The Balaban J connectivity index is 1.74. The van der Waals surface area contributed by atoms with E-state index < -0.39 is 0 Å². The van der Waals surface area contributed by atoms with Crippen LogP contribution in [-0.2, 0) is 13.0 Å². The van der Waals surface area contributed by atoms with Gasteiger partial charge in [0.05, 0.1) is 17.1 Å². The van der Waals surface area contributed by atoms with Gasteiger partial charge in [0.15, 0.2) is 0 Å². The fraction of sp³-hybridized carbons (Fsp3) is 0.217. The van der Waals surface area contributed by atoms with Gasteiger partial charge in [0.25, 0.3) is 0 Å². The third-order valence-corrected chi connectivity index (χ3v) is 5.50. The molecule has 0 aliphatic carbocycles. The highest BCUT2D eigenvalue weighted by molar-refractivity contribution is 6.29. The van der Waals surface area contributed by atoms with E-state index in [9.17, 15) is 0 Å². The van der Waals surface area contributed by atoms with Crippen LogP contribution in [0.25, 0.3) is 11.0 Å². The van der Waals surface area contributed by atoms with E-state index in [0.717, 1.165) is 29.6 Å². The monoisotopic (exact) mass is 390 g/mol. The lowest BCUT2D eigenvalue weighted by Gasteiger charge is -2.15. The Bertz CT molecular complexity index is 1150. The minimum atomic E-state index is -0.0113. The summed E-state index contributed by atoms with van der Waals surface area (Å²) in [5, 5.41) is 9.36. The molecule has 2 heterocycles. The van der Waals surface area contributed by atoms with Crippen molar-refractivity contribution in [3.05, 3.63) is 94.3 Å². The summed E-state index contributed by atoms with van der Waals surface area (Å²) in [4.78, 5) is 4.21. The molecule has 1 atom stereocenters. The van der Waals surface area contributed by atoms with Crippen LogP contribution in [0.1, 0.15) is 29.7 Å². The van der Waals surface area contributed by atoms with E-state index in [4.69, 9.17) is 17.0 Å². The standard InChI is InChI=1S/C23H23ClN4/c1-16-7-9-18(10-8-16)13-14-27-20-5-3-4-6-21(20)28(23(27)25)17(2)19-11-12-22(24)26-15-19/h3-12,15,17,25H,13-14H2,1-2H3. The summed E-state index contributed by atoms with van der Waals surface area (Å²) >= 11 is 5.94. The average molecular weight is 391 g/mol. The second kappa shape index (κ2) is 7.64. The summed E-state index contributed by atoms with van der Waals surface area (Å²) < 4.78 is 4.16. The van der Waals surface area contributed by atoms with Gasteiger partial charge in [0, 0.05) is 12.7 Å². The lowest BCUT2D eigenvalue weighted by Crippen LogP contribution is -2.27. The van der Waals surface area contributed by atoms with Crippen molar-refractivity contribution in [3.8, 4) is 0 Å². The van der Waals surface area contributed by atoms with E-state index in [0.29, 0.717) is 10.8 Å². The first-order valence-electron chi connectivity index (χ1n) is 9.46. The summed E-state index contributed by atoms with van der Waals surface area (Å²) in [6.45, 7) is 4.96. The van der Waals surface area contributed by atoms with Crippen LogP contribution in [0.3, 0.4) is 0 Å². The summed E-state index contributed by atoms with van der Waals surface area (Å²) in [5.74, 6) is 0. The Morgan fingerprint density at radius 1 is 1.00 bits per heavy atom. The number of rotatable bonds is 5. The van der Waals surface area contributed by atoms with Crippen LogP contribution < -0.4 is 5.62 Å². The molecule has 0 fully saturated rings. The van der Waals surface area contributed by atoms with Crippen LogP contribution >= 0.6 is 11.6 Å². The minimum Gasteiger partial charge on any atom is -0.310 e. The molecule has 0 saturated heterocycles. The Morgan fingerprint density at radius 3 is 2.39 bits per heavy atom. The number of aromatic nitrogens is 3. The molecule has 0 spiro atoms. The number of para-hydroxylation sites is 2. The number of benzene rings is 2. The van der Waals surface area contributed by atoms with Crippen LogP contribution in [-0.4, -0.2) is 14.1 Å². The molecule has 2 aromatic heterocycles. The molecule has 4 aromatic rings. The number of nitrogens with zero attached hydrogens (tertiary/aromatic N) is 3. The molecule has 2 aromatic carbocycles. The van der Waals surface area contributed by atoms with Crippen LogP contribution in [0, 0.1) is 12.3 Å². The van der Waals surface area contributed by atoms with Crippen LogP contribution in [0.15, 0.2) is 66.9 Å². The normalized spacial score (nSPS) is 12.4. The lowest BCUT2D eigenvalue weighted by molar-refractivity contribution is 0.565. The van der Waals surface area contributed by atoms with Gasteiger partial charge in [-0.25, -0.2) is 4.98 Å². The third-order valence-electron chi connectivity index (χ3n) is 5.28. The van der Waals surface area contributed by atoms with Crippen LogP contribution in [0.4, 0.5) is 0 Å². The van der Waals surface area contributed by atoms with Crippen molar-refractivity contribution >= 4 is 22.6 Å². The molecule has 1 unspecified atom stereocenters. The maximum Gasteiger partial charge on any atom is 0.203 e. The third kappa shape index (κ3) is 3.48. The number of aryl methyl sites for hydroxylation is 3. The van der Waals surface area contributed by atoms with Crippen molar-refractivity contribution in [1.82, 2.24) is 14.1 Å². The Morgan fingerprint density at radius 2 is 1.71 bits per heavy atom. The summed E-state index contributed by atoms with van der Waals surface area (Å²) in [6, 6.07) is 20.6. The van der Waals surface area contributed by atoms with E-state index in [-0.39, 0.29) is 6.04 Å². The SMILES string of the molecule is Cc1ccc(CCn2c(=N)n(C(C)c3ccc(Cl)nc3)c3ccccc32)cc1. The first-order valence-corrected chi connectivity index (χ1v) is 9.84. The number of halogens is 1. The molecule has 0 aliphatic heterocycles. The summed E-state index contributed by atoms with van der Waals surface area (Å²) in [6.07, 6.45) is 2.68. The molecule has 4 rings (SSSR count). The molecule has 1 N–H and O–H groups in total. The highest BCUT2D eigenvalue weighted by Gasteiger charge is 2.17. The predicted octanol–water partition coefficient (Wildman–Crippen LogP) is 5.13. The number of hydrogen-bond acceptors (Lipinski definition) is 2. The molecule has 0 saturated carbocycles. The topological polar surface area (TPSA) is 46.6 Å². The zero-order valence-electron chi connectivity index (χ0n) is 16.1. The largest absolute Gasteiger partial charge is 0.310 e. The average Bonchev–Trinajstić information content (AvgIpc) is 2.99. The fourth-order valence-electron chi connectivity index (χ4n) is 3.65. The summed E-state index contributed by atoms with van der Waals surface area (Å²) in [5.41, 5.74) is 6.20. The number of fused-ring (bicyclic) bond motifs is 1. The molecule has 28 heavy (non-hydrogen) atoms. The smallest absolute Gasteiger partial charge is 0.203 e. The number of imidazole rings is 1. The lowest BCUT2D eigenvalue weighted by atomic mass is 10.1. The van der Waals surface area contributed by atoms with E-state index in [1.807, 2.05) is 18.2 Å². The Kier molecular flexibility index (Phi) is 5.05. The maximum absolute atomic E-state index is 8.88. The van der Waals surface area contributed by atoms with E-state index in [1.165, 1.54) is 11.1 Å². The number of nitrogens with one attached hydrogen (secondary N) is 1. The van der Waals surface area contributed by atoms with Gasteiger partial charge >= 0.3 is 0 Å². The van der Waals surface area contributed by atoms with E-state index >= 15 is 0 Å². The van der Waals surface area contributed by atoms with Gasteiger partial charge in [-0.2, -0.15) is 0 Å². The molecule has 0 radical (unpaired) electrons. The Hall–Kier alpha value is -2.85. The highest BCUT2D eigenvalue weighted by atomic mass is 35.5. The molecule has 4 nitrogen and oxygen atoms in total. The van der Waals surface area contributed by atoms with Gasteiger partial charge in [0.1, 0.15) is 5.15 Å². The first kappa shape index (κ1) is 18.5. The van der Waals surface area contributed by atoms with Crippen molar-refractivity contribution in [1.29, 1.82) is 5.41 Å². The van der Waals surface area contributed by atoms with Crippen molar-refractivity contribution in [2.45, 2.75) is 32.9 Å². The zero-order chi connectivity index (χ0) is 19.7. The second-order valence-electron chi connectivity index (χ2n) is 7.16. The zero-order valence-corrected chi connectivity index (χ0v) is 16.8. The second-order valence-corrected chi connectivity index (χ2v) is 7.55. The van der Waals surface area contributed by atoms with Gasteiger partial charge in [-0.1, -0.05) is 59.6 Å². The predicted molar refractivity (Wildman–Crippen MR) is 114 cm³/mol. The van der Waals surface area contributed by atoms with Gasteiger partial charge < -0.3 is 9.13 Å². The molecule has 0 amide bonds. The molecule has 0 bridgehead atoms. The van der Waals surface area contributed by atoms with Gasteiger partial charge in [-0.05, 0) is 49.6 Å². The van der Waals surface area contributed by atoms with Gasteiger partial charge in [0.2, 0.25) is 5.62 Å². The molecule has 0 aliphatic rings. The number of pyridine rings is 1. The fourth-order valence-corrected chi connectivity index (χ4v) is 3.76. The molecular weight excluding hydrogens is 368 g/mol. The van der Waals surface area contributed by atoms with Gasteiger partial charge in [-0.3, -0.25) is 5.41 Å². The van der Waals surface area contributed by atoms with Gasteiger partial charge in [-0.15, -0.1) is 0 Å². The molecule has 142 valence electrons. The van der Waals surface area contributed by atoms with Crippen LogP contribution in [0.2, 0.25) is 5.15 Å². The quantitative estimate of drug-likeness (QED) is 0.472. The first-order chi connectivity index (χ1) is 13.5. The molecular formula is C23H23ClN4. The highest BCUT2D eigenvalue weighted by Crippen LogP contribution is 2.23. The van der Waals surface area contributed by atoms with E-state index in [2.05, 4.69) is 64.4 Å². The number of hydrogen-bond donors (Lipinski definition) is 1.